The fourth-order valence-electron chi connectivity index (χ4n) is 2.24. The fourth-order valence-corrected chi connectivity index (χ4v) is 2.37. The van der Waals surface area contributed by atoms with Crippen LogP contribution >= 0.6 is 11.6 Å². The summed E-state index contributed by atoms with van der Waals surface area (Å²) in [5, 5.41) is 4.89. The van der Waals surface area contributed by atoms with Gasteiger partial charge in [0.15, 0.2) is 5.84 Å². The molecule has 0 aromatic heterocycles. The highest BCUT2D eigenvalue weighted by atomic mass is 35.5. The molecular weight excluding hydrogens is 286 g/mol. The first-order valence-electron chi connectivity index (χ1n) is 6.64. The van der Waals surface area contributed by atoms with Crippen molar-refractivity contribution in [1.29, 1.82) is 0 Å². The van der Waals surface area contributed by atoms with Gasteiger partial charge in [0.2, 0.25) is 0 Å². The minimum atomic E-state index is -0.108. The number of amides is 1. The van der Waals surface area contributed by atoms with Crippen LogP contribution in [0.3, 0.4) is 0 Å². The van der Waals surface area contributed by atoms with Crippen molar-refractivity contribution in [3.05, 3.63) is 70.7 Å². The lowest BCUT2D eigenvalue weighted by Gasteiger charge is -2.28. The first-order valence-corrected chi connectivity index (χ1v) is 7.01. The number of amidine groups is 1. The van der Waals surface area contributed by atoms with Crippen LogP contribution < -0.4 is 5.43 Å². The van der Waals surface area contributed by atoms with Crippen molar-refractivity contribution in [3.8, 4) is 0 Å². The number of hydrogen-bond acceptors (Lipinski definition) is 3. The molecule has 4 nitrogen and oxygen atoms in total. The van der Waals surface area contributed by atoms with Crippen molar-refractivity contribution in [2.24, 2.45) is 5.10 Å². The average Bonchev–Trinajstić information content (AvgIpc) is 2.51. The molecule has 2 aromatic carbocycles. The molecule has 1 N–H and O–H groups in total. The van der Waals surface area contributed by atoms with E-state index in [9.17, 15) is 4.79 Å². The van der Waals surface area contributed by atoms with Crippen molar-refractivity contribution in [3.63, 3.8) is 0 Å². The molecule has 21 heavy (non-hydrogen) atoms. The van der Waals surface area contributed by atoms with E-state index in [0.29, 0.717) is 11.6 Å². The Bertz CT molecular complexity index is 668. The number of hydrogen-bond donors (Lipinski definition) is 1. The van der Waals surface area contributed by atoms with Crippen LogP contribution in [0.5, 0.6) is 0 Å². The summed E-state index contributed by atoms with van der Waals surface area (Å²) >= 11 is 5.90. The first kappa shape index (κ1) is 13.6. The third-order valence-corrected chi connectivity index (χ3v) is 3.49. The predicted octanol–water partition coefficient (Wildman–Crippen LogP) is 2.63. The fraction of sp³-hybridized carbons (Fsp3) is 0.125. The highest BCUT2D eigenvalue weighted by molar-refractivity contribution is 6.30. The van der Waals surface area contributed by atoms with Crippen LogP contribution in [0, 0.1) is 0 Å². The zero-order valence-electron chi connectivity index (χ0n) is 11.3. The zero-order valence-corrected chi connectivity index (χ0v) is 12.0. The van der Waals surface area contributed by atoms with Gasteiger partial charge in [0.05, 0.1) is 0 Å². The van der Waals surface area contributed by atoms with Crippen molar-refractivity contribution in [1.82, 2.24) is 10.3 Å². The number of rotatable bonds is 3. The Morgan fingerprint density at radius 1 is 1.10 bits per heavy atom. The molecule has 0 fully saturated rings. The second-order valence-corrected chi connectivity index (χ2v) is 5.26. The van der Waals surface area contributed by atoms with Gasteiger partial charge in [-0.15, -0.1) is 0 Å². The molecule has 5 heteroatoms. The van der Waals surface area contributed by atoms with Crippen molar-refractivity contribution in [2.45, 2.75) is 6.54 Å². The Labute approximate surface area is 128 Å². The molecule has 1 heterocycles. The molecule has 0 unspecified atom stereocenters. The van der Waals surface area contributed by atoms with Crippen LogP contribution in [0.2, 0.25) is 5.02 Å². The monoisotopic (exact) mass is 299 g/mol. The average molecular weight is 300 g/mol. The normalized spacial score (nSPS) is 14.6. The van der Waals surface area contributed by atoms with Gasteiger partial charge in [0.25, 0.3) is 5.91 Å². The molecule has 1 amide bonds. The molecule has 0 saturated heterocycles. The van der Waals surface area contributed by atoms with Gasteiger partial charge in [-0.1, -0.05) is 54.1 Å². The van der Waals surface area contributed by atoms with E-state index in [0.717, 1.165) is 17.0 Å². The molecule has 106 valence electrons. The van der Waals surface area contributed by atoms with Gasteiger partial charge in [0, 0.05) is 17.1 Å². The van der Waals surface area contributed by atoms with Gasteiger partial charge in [-0.25, -0.2) is 5.43 Å². The van der Waals surface area contributed by atoms with Crippen LogP contribution in [-0.2, 0) is 11.3 Å². The van der Waals surface area contributed by atoms with Crippen LogP contribution in [-0.4, -0.2) is 23.2 Å². The molecule has 1 aliphatic heterocycles. The van der Waals surface area contributed by atoms with E-state index in [2.05, 4.69) is 10.5 Å². The van der Waals surface area contributed by atoms with E-state index >= 15 is 0 Å². The first-order chi connectivity index (χ1) is 10.2. The third-order valence-electron chi connectivity index (χ3n) is 3.24. The Balaban J connectivity index is 1.87. The number of benzene rings is 2. The lowest BCUT2D eigenvalue weighted by atomic mass is 10.1. The van der Waals surface area contributed by atoms with E-state index in [1.54, 1.807) is 0 Å². The van der Waals surface area contributed by atoms with Gasteiger partial charge in [-0.3, -0.25) is 4.79 Å². The summed E-state index contributed by atoms with van der Waals surface area (Å²) in [5.74, 6) is 0.661. The predicted molar refractivity (Wildman–Crippen MR) is 83.0 cm³/mol. The molecule has 0 atom stereocenters. The molecule has 0 bridgehead atoms. The van der Waals surface area contributed by atoms with E-state index in [4.69, 9.17) is 11.6 Å². The van der Waals surface area contributed by atoms with Gasteiger partial charge in [0.1, 0.15) is 6.54 Å². The Kier molecular flexibility index (Phi) is 3.88. The molecule has 0 aliphatic carbocycles. The maximum atomic E-state index is 11.6. The Morgan fingerprint density at radius 3 is 2.52 bits per heavy atom. The summed E-state index contributed by atoms with van der Waals surface area (Å²) in [7, 11) is 0. The third kappa shape index (κ3) is 3.23. The summed E-state index contributed by atoms with van der Waals surface area (Å²) in [6, 6.07) is 17.4. The van der Waals surface area contributed by atoms with E-state index < -0.39 is 0 Å². The molecule has 0 saturated carbocycles. The number of halogens is 1. The van der Waals surface area contributed by atoms with Crippen molar-refractivity contribution >= 4 is 23.3 Å². The molecule has 2 aromatic rings. The minimum Gasteiger partial charge on any atom is -0.341 e. The number of hydrazone groups is 1. The van der Waals surface area contributed by atoms with Gasteiger partial charge < -0.3 is 4.90 Å². The number of carbonyl (C=O) groups is 1. The lowest BCUT2D eigenvalue weighted by Crippen LogP contribution is -2.45. The smallest absolute Gasteiger partial charge is 0.259 e. The number of nitrogens with one attached hydrogen (secondary N) is 1. The summed E-state index contributed by atoms with van der Waals surface area (Å²) in [6.45, 7) is 0.897. The van der Waals surface area contributed by atoms with Crippen LogP contribution in [0.25, 0.3) is 0 Å². The quantitative estimate of drug-likeness (QED) is 0.947. The number of nitrogens with zero attached hydrogens (tertiary/aromatic N) is 2. The molecule has 0 radical (unpaired) electrons. The minimum absolute atomic E-state index is 0.108. The van der Waals surface area contributed by atoms with E-state index in [1.807, 2.05) is 59.5 Å². The van der Waals surface area contributed by atoms with Crippen LogP contribution in [0.15, 0.2) is 59.7 Å². The standard InChI is InChI=1S/C16H14ClN3O/c17-14-8-6-12(7-9-14)10-20-11-15(21)18-19-16(20)13-4-2-1-3-5-13/h1-9H,10-11H2,(H,18,21). The topological polar surface area (TPSA) is 44.7 Å². The molecule has 1 aliphatic rings. The molecule has 0 spiro atoms. The zero-order chi connectivity index (χ0) is 14.7. The summed E-state index contributed by atoms with van der Waals surface area (Å²) in [5.41, 5.74) is 4.60. The number of carbonyl (C=O) groups excluding carboxylic acids is 1. The molecular formula is C16H14ClN3O. The summed E-state index contributed by atoms with van der Waals surface area (Å²) in [6.07, 6.45) is 0. The largest absolute Gasteiger partial charge is 0.341 e. The van der Waals surface area contributed by atoms with E-state index in [-0.39, 0.29) is 12.5 Å². The van der Waals surface area contributed by atoms with Crippen LogP contribution in [0.1, 0.15) is 11.1 Å². The highest BCUT2D eigenvalue weighted by Gasteiger charge is 2.21. The van der Waals surface area contributed by atoms with E-state index in [1.165, 1.54) is 0 Å². The second-order valence-electron chi connectivity index (χ2n) is 4.82. The van der Waals surface area contributed by atoms with Crippen molar-refractivity contribution < 1.29 is 4.79 Å². The highest BCUT2D eigenvalue weighted by Crippen LogP contribution is 2.15. The lowest BCUT2D eigenvalue weighted by molar-refractivity contribution is -0.122. The maximum Gasteiger partial charge on any atom is 0.259 e. The Morgan fingerprint density at radius 2 is 1.81 bits per heavy atom. The maximum absolute atomic E-state index is 11.6. The second kappa shape index (κ2) is 5.97. The molecule has 3 rings (SSSR count). The summed E-state index contributed by atoms with van der Waals surface area (Å²) < 4.78 is 0. The van der Waals surface area contributed by atoms with Crippen LogP contribution in [0.4, 0.5) is 0 Å². The van der Waals surface area contributed by atoms with Gasteiger partial charge >= 0.3 is 0 Å². The SMILES string of the molecule is O=C1CN(Cc2ccc(Cl)cc2)C(c2ccccc2)=NN1. The van der Waals surface area contributed by atoms with Gasteiger partial charge in [-0.2, -0.15) is 5.10 Å². The Hall–Kier alpha value is -2.33. The van der Waals surface area contributed by atoms with Gasteiger partial charge in [-0.05, 0) is 17.7 Å². The van der Waals surface area contributed by atoms with Crippen molar-refractivity contribution in [2.75, 3.05) is 6.54 Å². The summed E-state index contributed by atoms with van der Waals surface area (Å²) in [4.78, 5) is 13.6.